The Kier molecular flexibility index (Phi) is 5.12. The van der Waals surface area contributed by atoms with Gasteiger partial charge >= 0.3 is 6.03 Å². The molecule has 1 aliphatic rings. The number of rotatable bonds is 6. The number of ether oxygens (including phenoxy) is 2. The quantitative estimate of drug-likeness (QED) is 0.849. The second-order valence-corrected chi connectivity index (χ2v) is 6.80. The van der Waals surface area contributed by atoms with Crippen LogP contribution in [0.1, 0.15) is 25.0 Å². The van der Waals surface area contributed by atoms with E-state index in [0.29, 0.717) is 13.1 Å². The number of carbonyl (C=O) groups excluding carboxylic acids is 1. The minimum absolute atomic E-state index is 0.148. The van der Waals surface area contributed by atoms with Gasteiger partial charge in [0.05, 0.1) is 0 Å². The molecule has 25 heavy (non-hydrogen) atoms. The summed E-state index contributed by atoms with van der Waals surface area (Å²) in [6.07, 6.45) is 0.819. The van der Waals surface area contributed by atoms with E-state index in [4.69, 9.17) is 9.47 Å². The molecule has 2 amide bonds. The molecule has 0 atom stereocenters. The smallest absolute Gasteiger partial charge is 0.314 e. The Morgan fingerprint density at radius 1 is 1.04 bits per heavy atom. The van der Waals surface area contributed by atoms with Crippen LogP contribution in [0, 0.1) is 0 Å². The summed E-state index contributed by atoms with van der Waals surface area (Å²) in [4.78, 5) is 12.0. The van der Waals surface area contributed by atoms with Crippen LogP contribution in [-0.4, -0.2) is 25.9 Å². The molecule has 0 saturated heterocycles. The summed E-state index contributed by atoms with van der Waals surface area (Å²) < 4.78 is 10.8. The van der Waals surface area contributed by atoms with Crippen molar-refractivity contribution < 1.29 is 14.3 Å². The molecular weight excluding hydrogens is 316 g/mol. The molecule has 0 saturated carbocycles. The fraction of sp³-hybridized carbons (Fsp3) is 0.350. The van der Waals surface area contributed by atoms with Crippen molar-refractivity contribution in [1.29, 1.82) is 0 Å². The third kappa shape index (κ3) is 4.44. The molecule has 1 aliphatic heterocycles. The maximum Gasteiger partial charge on any atom is 0.314 e. The first kappa shape index (κ1) is 17.1. The zero-order valence-electron chi connectivity index (χ0n) is 14.7. The van der Waals surface area contributed by atoms with E-state index >= 15 is 0 Å². The molecule has 0 radical (unpaired) electrons. The van der Waals surface area contributed by atoms with Crippen LogP contribution in [0.5, 0.6) is 11.5 Å². The van der Waals surface area contributed by atoms with Gasteiger partial charge in [-0.2, -0.15) is 0 Å². The number of carbonyl (C=O) groups is 1. The highest BCUT2D eigenvalue weighted by Gasteiger charge is 2.24. The molecule has 1 heterocycles. The molecule has 3 rings (SSSR count). The molecule has 0 aromatic heterocycles. The van der Waals surface area contributed by atoms with Crippen molar-refractivity contribution >= 4 is 6.03 Å². The van der Waals surface area contributed by atoms with Gasteiger partial charge in [0.1, 0.15) is 0 Å². The highest BCUT2D eigenvalue weighted by Crippen LogP contribution is 2.36. The highest BCUT2D eigenvalue weighted by atomic mass is 16.7. The van der Waals surface area contributed by atoms with Crippen LogP contribution in [0.15, 0.2) is 48.5 Å². The van der Waals surface area contributed by atoms with E-state index in [9.17, 15) is 4.79 Å². The maximum absolute atomic E-state index is 12.0. The maximum atomic E-state index is 12.0. The van der Waals surface area contributed by atoms with Gasteiger partial charge in [-0.3, -0.25) is 0 Å². The number of amides is 2. The van der Waals surface area contributed by atoms with Crippen LogP contribution in [0.3, 0.4) is 0 Å². The molecule has 0 fully saturated rings. The van der Waals surface area contributed by atoms with E-state index in [1.165, 1.54) is 5.56 Å². The van der Waals surface area contributed by atoms with Crippen LogP contribution < -0.4 is 20.1 Å². The Hall–Kier alpha value is -2.69. The first-order valence-electron chi connectivity index (χ1n) is 8.50. The third-order valence-electron chi connectivity index (χ3n) is 4.39. The van der Waals surface area contributed by atoms with Crippen molar-refractivity contribution in [3.63, 3.8) is 0 Å². The first-order chi connectivity index (χ1) is 12.0. The Bertz CT molecular complexity index is 729. The molecule has 2 aromatic rings. The second-order valence-electron chi connectivity index (χ2n) is 6.80. The normalized spacial score (nSPS) is 12.7. The number of hydrogen-bond acceptors (Lipinski definition) is 3. The molecule has 0 unspecified atom stereocenters. The predicted octanol–water partition coefficient (Wildman–Crippen LogP) is 3.23. The van der Waals surface area contributed by atoms with E-state index in [1.807, 2.05) is 36.4 Å². The number of fused-ring (bicyclic) bond motifs is 1. The number of hydrogen-bond donors (Lipinski definition) is 2. The van der Waals surface area contributed by atoms with Gasteiger partial charge in [0.25, 0.3) is 0 Å². The number of nitrogens with one attached hydrogen (secondary N) is 2. The van der Waals surface area contributed by atoms with Crippen LogP contribution >= 0.6 is 0 Å². The summed E-state index contributed by atoms with van der Waals surface area (Å²) in [7, 11) is 0. The minimum atomic E-state index is -0.211. The van der Waals surface area contributed by atoms with Crippen molar-refractivity contribution in [2.45, 2.75) is 25.7 Å². The first-order valence-corrected chi connectivity index (χ1v) is 8.50. The summed E-state index contributed by atoms with van der Waals surface area (Å²) in [6, 6.07) is 15.9. The zero-order chi connectivity index (χ0) is 17.7. The summed E-state index contributed by atoms with van der Waals surface area (Å²) in [5.41, 5.74) is 2.10. The van der Waals surface area contributed by atoms with E-state index < -0.39 is 0 Å². The minimum Gasteiger partial charge on any atom is -0.454 e. The largest absolute Gasteiger partial charge is 0.454 e. The van der Waals surface area contributed by atoms with Crippen molar-refractivity contribution in [3.8, 4) is 11.5 Å². The van der Waals surface area contributed by atoms with Gasteiger partial charge < -0.3 is 20.1 Å². The van der Waals surface area contributed by atoms with E-state index in [-0.39, 0.29) is 18.2 Å². The zero-order valence-corrected chi connectivity index (χ0v) is 14.7. The molecule has 2 N–H and O–H groups in total. The molecule has 5 nitrogen and oxygen atoms in total. The van der Waals surface area contributed by atoms with Gasteiger partial charge in [0, 0.05) is 18.5 Å². The molecule has 0 spiro atoms. The van der Waals surface area contributed by atoms with E-state index in [0.717, 1.165) is 23.5 Å². The van der Waals surface area contributed by atoms with Gasteiger partial charge in [0.15, 0.2) is 11.5 Å². The lowest BCUT2D eigenvalue weighted by Crippen LogP contribution is -2.42. The van der Waals surface area contributed by atoms with Crippen molar-refractivity contribution in [1.82, 2.24) is 10.6 Å². The lowest BCUT2D eigenvalue weighted by Gasteiger charge is -2.26. The Morgan fingerprint density at radius 3 is 2.60 bits per heavy atom. The van der Waals surface area contributed by atoms with Crippen molar-refractivity contribution in [2.24, 2.45) is 0 Å². The second kappa shape index (κ2) is 7.47. The van der Waals surface area contributed by atoms with Gasteiger partial charge in [0.2, 0.25) is 6.79 Å². The summed E-state index contributed by atoms with van der Waals surface area (Å²) >= 11 is 0. The van der Waals surface area contributed by atoms with Crippen LogP contribution in [0.4, 0.5) is 4.79 Å². The monoisotopic (exact) mass is 340 g/mol. The van der Waals surface area contributed by atoms with E-state index in [1.54, 1.807) is 0 Å². The van der Waals surface area contributed by atoms with Gasteiger partial charge in [-0.15, -0.1) is 0 Å². The Morgan fingerprint density at radius 2 is 1.80 bits per heavy atom. The van der Waals surface area contributed by atoms with Crippen molar-refractivity contribution in [2.75, 3.05) is 19.9 Å². The molecule has 5 heteroatoms. The van der Waals surface area contributed by atoms with Gasteiger partial charge in [-0.05, 0) is 29.7 Å². The topological polar surface area (TPSA) is 59.6 Å². The average Bonchev–Trinajstić information content (AvgIpc) is 3.09. The van der Waals surface area contributed by atoms with Gasteiger partial charge in [-0.1, -0.05) is 50.2 Å². The lowest BCUT2D eigenvalue weighted by molar-refractivity contribution is 0.174. The number of urea groups is 1. The van der Waals surface area contributed by atoms with E-state index in [2.05, 4.69) is 36.6 Å². The summed E-state index contributed by atoms with van der Waals surface area (Å²) in [6.45, 7) is 5.59. The summed E-state index contributed by atoms with van der Waals surface area (Å²) in [5, 5.41) is 5.86. The SMILES string of the molecule is CC(C)(CNC(=O)NCCc1ccccc1)c1ccc2c(c1)OCO2. The van der Waals surface area contributed by atoms with Crippen molar-refractivity contribution in [3.05, 3.63) is 59.7 Å². The third-order valence-corrected chi connectivity index (χ3v) is 4.39. The number of benzene rings is 2. The molecule has 0 aliphatic carbocycles. The van der Waals surface area contributed by atoms with Gasteiger partial charge in [-0.25, -0.2) is 4.79 Å². The summed E-state index contributed by atoms with van der Waals surface area (Å²) in [5.74, 6) is 1.53. The standard InChI is InChI=1S/C20H24N2O3/c1-20(2,16-8-9-17-18(12-16)25-14-24-17)13-22-19(23)21-11-10-15-6-4-3-5-7-15/h3-9,12H,10-11,13-14H2,1-2H3,(H2,21,22,23). The van der Waals surface area contributed by atoms with Crippen LogP contribution in [0.25, 0.3) is 0 Å². The fourth-order valence-electron chi connectivity index (χ4n) is 2.75. The molecule has 132 valence electrons. The molecule has 2 aromatic carbocycles. The predicted molar refractivity (Wildman–Crippen MR) is 97.1 cm³/mol. The molecule has 0 bridgehead atoms. The Balaban J connectivity index is 1.47. The van der Waals surface area contributed by atoms with Crippen LogP contribution in [0.2, 0.25) is 0 Å². The fourth-order valence-corrected chi connectivity index (χ4v) is 2.75. The average molecular weight is 340 g/mol. The highest BCUT2D eigenvalue weighted by molar-refractivity contribution is 5.74. The molecular formula is C20H24N2O3. The Labute approximate surface area is 148 Å². The van der Waals surface area contributed by atoms with Crippen LogP contribution in [-0.2, 0) is 11.8 Å². The lowest BCUT2D eigenvalue weighted by atomic mass is 9.84.